The number of nitrogens with zero attached hydrogens (tertiary/aromatic N) is 2. The lowest BCUT2D eigenvalue weighted by molar-refractivity contribution is 0.0530. The Morgan fingerprint density at radius 2 is 2.05 bits per heavy atom. The first-order valence-corrected chi connectivity index (χ1v) is 8.95. The lowest BCUT2D eigenvalue weighted by Gasteiger charge is -2.35. The molecule has 1 aromatic heterocycles. The second kappa shape index (κ2) is 5.90. The minimum atomic E-state index is -3.74. The van der Waals surface area contributed by atoms with Crippen LogP contribution in [0, 0.1) is 5.92 Å². The van der Waals surface area contributed by atoms with Gasteiger partial charge in [-0.15, -0.1) is 0 Å². The maximum Gasteiger partial charge on any atom is 0.241 e. The molecule has 2 fully saturated rings. The van der Waals surface area contributed by atoms with Crippen LogP contribution in [-0.2, 0) is 14.8 Å². The maximum absolute atomic E-state index is 11.7. The van der Waals surface area contributed by atoms with Gasteiger partial charge in [-0.25, -0.2) is 18.5 Å². The average molecular weight is 311 g/mol. The molecule has 2 aliphatic heterocycles. The van der Waals surface area contributed by atoms with E-state index in [4.69, 9.17) is 9.88 Å². The van der Waals surface area contributed by atoms with E-state index in [1.807, 2.05) is 4.90 Å². The van der Waals surface area contributed by atoms with Gasteiger partial charge in [0.2, 0.25) is 10.0 Å². The Bertz CT molecular complexity index is 591. The first-order valence-electron chi connectivity index (χ1n) is 7.40. The number of ether oxygens (including phenoxy) is 1. The Kier molecular flexibility index (Phi) is 4.14. The third-order valence-corrected chi connectivity index (χ3v) is 5.32. The summed E-state index contributed by atoms with van der Waals surface area (Å²) < 4.78 is 29.1. The van der Waals surface area contributed by atoms with Crippen LogP contribution in [0.5, 0.6) is 0 Å². The Morgan fingerprint density at radius 1 is 1.29 bits per heavy atom. The fraction of sp³-hybridized carbons (Fsp3) is 0.643. The summed E-state index contributed by atoms with van der Waals surface area (Å²) >= 11 is 0. The van der Waals surface area contributed by atoms with Crippen LogP contribution in [0.3, 0.4) is 0 Å². The van der Waals surface area contributed by atoms with Crippen molar-refractivity contribution in [1.29, 1.82) is 0 Å². The minimum Gasteiger partial charge on any atom is -0.378 e. The molecule has 1 atom stereocenters. The number of sulfonamides is 1. The van der Waals surface area contributed by atoms with Crippen molar-refractivity contribution in [1.82, 2.24) is 4.98 Å². The fourth-order valence-corrected chi connectivity index (χ4v) is 4.00. The molecule has 0 amide bonds. The monoisotopic (exact) mass is 311 g/mol. The van der Waals surface area contributed by atoms with Crippen LogP contribution >= 0.6 is 0 Å². The van der Waals surface area contributed by atoms with E-state index in [-0.39, 0.29) is 4.90 Å². The molecule has 2 aliphatic rings. The summed E-state index contributed by atoms with van der Waals surface area (Å²) in [7, 11) is -3.74. The van der Waals surface area contributed by atoms with Gasteiger partial charge in [0.05, 0.1) is 6.10 Å². The molecule has 0 spiro atoms. The van der Waals surface area contributed by atoms with E-state index < -0.39 is 10.0 Å². The smallest absolute Gasteiger partial charge is 0.241 e. The van der Waals surface area contributed by atoms with E-state index in [2.05, 4.69) is 4.98 Å². The summed E-state index contributed by atoms with van der Waals surface area (Å²) in [6, 6.07) is 3.12. The molecule has 1 unspecified atom stereocenters. The van der Waals surface area contributed by atoms with Gasteiger partial charge in [-0.3, -0.25) is 0 Å². The zero-order valence-corrected chi connectivity index (χ0v) is 12.8. The third-order valence-electron chi connectivity index (χ3n) is 4.39. The van der Waals surface area contributed by atoms with Crippen LogP contribution < -0.4 is 10.0 Å². The molecular formula is C14H21N3O3S. The Hall–Kier alpha value is -1.18. The predicted octanol–water partition coefficient (Wildman–Crippen LogP) is 1.12. The van der Waals surface area contributed by atoms with Gasteiger partial charge in [-0.2, -0.15) is 0 Å². The van der Waals surface area contributed by atoms with Crippen molar-refractivity contribution in [2.45, 2.75) is 36.7 Å². The molecule has 0 radical (unpaired) electrons. The molecule has 0 bridgehead atoms. The standard InChI is InChI=1S/C14H21N3O3S/c15-21(18,19)13-4-1-7-16-14(13)17-8-5-11(6-9-17)12-3-2-10-20-12/h1,4,7,11-12H,2-3,5-6,8-10H2,(H2,15,18,19). The largest absolute Gasteiger partial charge is 0.378 e. The van der Waals surface area contributed by atoms with E-state index in [0.29, 0.717) is 17.8 Å². The highest BCUT2D eigenvalue weighted by atomic mass is 32.2. The second-order valence-corrected chi connectivity index (χ2v) is 7.28. The number of nitrogens with two attached hydrogens (primary N) is 1. The maximum atomic E-state index is 11.7. The summed E-state index contributed by atoms with van der Waals surface area (Å²) in [5.74, 6) is 1.05. The Labute approximate surface area is 125 Å². The number of primary sulfonamides is 1. The first-order chi connectivity index (χ1) is 10.1. The van der Waals surface area contributed by atoms with Crippen LogP contribution in [0.15, 0.2) is 23.2 Å². The number of aromatic nitrogens is 1. The van der Waals surface area contributed by atoms with Gasteiger partial charge >= 0.3 is 0 Å². The molecule has 1 aromatic rings. The van der Waals surface area contributed by atoms with Crippen molar-refractivity contribution < 1.29 is 13.2 Å². The lowest BCUT2D eigenvalue weighted by Crippen LogP contribution is -2.39. The molecule has 6 nitrogen and oxygen atoms in total. The molecule has 0 aromatic carbocycles. The average Bonchev–Trinajstić information content (AvgIpc) is 3.01. The summed E-state index contributed by atoms with van der Waals surface area (Å²) in [6.45, 7) is 2.47. The Morgan fingerprint density at radius 3 is 2.67 bits per heavy atom. The van der Waals surface area contributed by atoms with Gasteiger partial charge in [0.25, 0.3) is 0 Å². The van der Waals surface area contributed by atoms with Crippen molar-refractivity contribution in [3.8, 4) is 0 Å². The van der Waals surface area contributed by atoms with Crippen LogP contribution in [0.1, 0.15) is 25.7 Å². The highest BCUT2D eigenvalue weighted by Crippen LogP contribution is 2.31. The van der Waals surface area contributed by atoms with E-state index in [1.54, 1.807) is 12.3 Å². The zero-order chi connectivity index (χ0) is 14.9. The quantitative estimate of drug-likeness (QED) is 0.904. The predicted molar refractivity (Wildman–Crippen MR) is 79.5 cm³/mol. The number of hydrogen-bond donors (Lipinski definition) is 1. The minimum absolute atomic E-state index is 0.112. The summed E-state index contributed by atoms with van der Waals surface area (Å²) in [4.78, 5) is 6.36. The summed E-state index contributed by atoms with van der Waals surface area (Å²) in [6.07, 6.45) is 6.30. The van der Waals surface area contributed by atoms with Crippen molar-refractivity contribution in [3.05, 3.63) is 18.3 Å². The van der Waals surface area contributed by atoms with Gasteiger partial charge in [-0.1, -0.05) is 0 Å². The van der Waals surface area contributed by atoms with Crippen LogP contribution in [-0.4, -0.2) is 39.2 Å². The molecule has 0 aliphatic carbocycles. The normalized spacial score (nSPS) is 24.4. The van der Waals surface area contributed by atoms with E-state index >= 15 is 0 Å². The van der Waals surface area contributed by atoms with Gasteiger partial charge in [0.15, 0.2) is 0 Å². The SMILES string of the molecule is NS(=O)(=O)c1cccnc1N1CCC(C2CCCO2)CC1. The molecule has 0 saturated carbocycles. The van der Waals surface area contributed by atoms with Gasteiger partial charge < -0.3 is 9.64 Å². The summed E-state index contributed by atoms with van der Waals surface area (Å²) in [5.41, 5.74) is 0. The van der Waals surface area contributed by atoms with Gasteiger partial charge in [-0.05, 0) is 43.7 Å². The lowest BCUT2D eigenvalue weighted by atomic mass is 9.90. The van der Waals surface area contributed by atoms with Crippen molar-refractivity contribution in [2.75, 3.05) is 24.6 Å². The van der Waals surface area contributed by atoms with E-state index in [1.165, 1.54) is 6.07 Å². The van der Waals surface area contributed by atoms with Crippen molar-refractivity contribution >= 4 is 15.8 Å². The van der Waals surface area contributed by atoms with Crippen molar-refractivity contribution in [3.63, 3.8) is 0 Å². The molecule has 7 heteroatoms. The van der Waals surface area contributed by atoms with E-state index in [0.717, 1.165) is 45.4 Å². The topological polar surface area (TPSA) is 85.5 Å². The second-order valence-electron chi connectivity index (χ2n) is 5.75. The fourth-order valence-electron chi connectivity index (χ4n) is 3.30. The highest BCUT2D eigenvalue weighted by molar-refractivity contribution is 7.89. The number of rotatable bonds is 3. The highest BCUT2D eigenvalue weighted by Gasteiger charge is 2.31. The van der Waals surface area contributed by atoms with Gasteiger partial charge in [0.1, 0.15) is 10.7 Å². The number of hydrogen-bond acceptors (Lipinski definition) is 5. The number of piperidine rings is 1. The third kappa shape index (κ3) is 3.20. The Balaban J connectivity index is 1.72. The van der Waals surface area contributed by atoms with E-state index in [9.17, 15) is 8.42 Å². The van der Waals surface area contributed by atoms with Crippen LogP contribution in [0.2, 0.25) is 0 Å². The molecular weight excluding hydrogens is 290 g/mol. The van der Waals surface area contributed by atoms with Gasteiger partial charge in [0, 0.05) is 25.9 Å². The molecule has 21 heavy (non-hydrogen) atoms. The molecule has 2 N–H and O–H groups in total. The molecule has 116 valence electrons. The number of anilines is 1. The van der Waals surface area contributed by atoms with Crippen LogP contribution in [0.4, 0.5) is 5.82 Å². The molecule has 2 saturated heterocycles. The molecule has 3 heterocycles. The number of pyridine rings is 1. The molecule has 3 rings (SSSR count). The first kappa shape index (κ1) is 14.7. The zero-order valence-electron chi connectivity index (χ0n) is 11.9. The van der Waals surface area contributed by atoms with Crippen LogP contribution in [0.25, 0.3) is 0 Å². The summed E-state index contributed by atoms with van der Waals surface area (Å²) in [5, 5.41) is 5.28. The van der Waals surface area contributed by atoms with Crippen molar-refractivity contribution in [2.24, 2.45) is 11.1 Å².